The summed E-state index contributed by atoms with van der Waals surface area (Å²) < 4.78 is 1.37. The van der Waals surface area contributed by atoms with Crippen molar-refractivity contribution in [2.75, 3.05) is 5.43 Å². The summed E-state index contributed by atoms with van der Waals surface area (Å²) in [4.78, 5) is 19.0. The maximum absolute atomic E-state index is 10.9. The van der Waals surface area contributed by atoms with E-state index in [9.17, 15) is 4.79 Å². The van der Waals surface area contributed by atoms with Crippen LogP contribution >= 0.6 is 11.6 Å². The number of hydrogen-bond donors (Lipinski definition) is 1. The number of pyridine rings is 1. The maximum atomic E-state index is 10.9. The highest BCUT2D eigenvalue weighted by molar-refractivity contribution is 6.28. The van der Waals surface area contributed by atoms with Gasteiger partial charge in [-0.1, -0.05) is 0 Å². The molecule has 1 N–H and O–H groups in total. The van der Waals surface area contributed by atoms with Gasteiger partial charge in [0.2, 0.25) is 11.2 Å². The molecule has 0 spiro atoms. The van der Waals surface area contributed by atoms with Gasteiger partial charge in [0.15, 0.2) is 0 Å². The van der Waals surface area contributed by atoms with Crippen LogP contribution in [0.2, 0.25) is 5.28 Å². The summed E-state index contributed by atoms with van der Waals surface area (Å²) in [6.07, 6.45) is 4.99. The topological polar surface area (TPSA) is 59.8 Å². The molecule has 2 aromatic rings. The number of amides is 1. The zero-order valence-corrected chi connectivity index (χ0v) is 9.27. The molecule has 2 aromatic heterocycles. The molecule has 2 heterocycles. The molecule has 0 radical (unpaired) electrons. The van der Waals surface area contributed by atoms with Gasteiger partial charge in [0.05, 0.1) is 11.9 Å². The number of nitrogens with one attached hydrogen (secondary N) is 1. The molecule has 1 amide bonds. The summed E-state index contributed by atoms with van der Waals surface area (Å²) in [5, 5.41) is 0.203. The fourth-order valence-electron chi connectivity index (χ4n) is 1.26. The zero-order chi connectivity index (χ0) is 11.5. The van der Waals surface area contributed by atoms with E-state index in [1.54, 1.807) is 24.7 Å². The number of hydrogen-bond acceptors (Lipinski definition) is 3. The summed E-state index contributed by atoms with van der Waals surface area (Å²) in [5.74, 6) is -0.211. The van der Waals surface area contributed by atoms with Gasteiger partial charge in [0, 0.05) is 24.9 Å². The molecule has 0 aliphatic rings. The summed E-state index contributed by atoms with van der Waals surface area (Å²) in [6, 6.07) is 3.67. The van der Waals surface area contributed by atoms with Gasteiger partial charge in [-0.05, 0) is 23.7 Å². The first-order valence-corrected chi connectivity index (χ1v) is 4.97. The predicted molar refractivity (Wildman–Crippen MR) is 60.5 cm³/mol. The third kappa shape index (κ3) is 2.20. The van der Waals surface area contributed by atoms with E-state index in [4.69, 9.17) is 11.6 Å². The standard InChI is InChI=1S/C10H9ClN4O/c1-7(16)14-15-6-9(13-10(15)11)8-3-2-4-12-5-8/h2-6H,1H3,(H,14,16). The van der Waals surface area contributed by atoms with Crippen molar-refractivity contribution in [3.8, 4) is 11.3 Å². The third-order valence-corrected chi connectivity index (χ3v) is 2.16. The Kier molecular flexibility index (Phi) is 2.87. The van der Waals surface area contributed by atoms with E-state index in [-0.39, 0.29) is 11.2 Å². The second kappa shape index (κ2) is 4.32. The second-order valence-corrected chi connectivity index (χ2v) is 3.51. The van der Waals surface area contributed by atoms with E-state index in [2.05, 4.69) is 15.4 Å². The fourth-order valence-corrected chi connectivity index (χ4v) is 1.44. The van der Waals surface area contributed by atoms with Gasteiger partial charge in [0.25, 0.3) is 0 Å². The van der Waals surface area contributed by atoms with Crippen LogP contribution in [-0.4, -0.2) is 20.6 Å². The van der Waals surface area contributed by atoms with Crippen LogP contribution in [0.4, 0.5) is 0 Å². The molecule has 0 atom stereocenters. The van der Waals surface area contributed by atoms with Gasteiger partial charge in [0.1, 0.15) is 0 Å². The Morgan fingerprint density at radius 3 is 3.00 bits per heavy atom. The number of imidazole rings is 1. The Balaban J connectivity index is 2.34. The first-order valence-electron chi connectivity index (χ1n) is 4.59. The first kappa shape index (κ1) is 10.6. The molecule has 5 nitrogen and oxygen atoms in total. The molecule has 6 heteroatoms. The van der Waals surface area contributed by atoms with Crippen molar-refractivity contribution in [1.29, 1.82) is 0 Å². The van der Waals surface area contributed by atoms with Gasteiger partial charge >= 0.3 is 0 Å². The van der Waals surface area contributed by atoms with Crippen molar-refractivity contribution in [2.45, 2.75) is 6.92 Å². The van der Waals surface area contributed by atoms with Crippen LogP contribution in [0.25, 0.3) is 11.3 Å². The van der Waals surface area contributed by atoms with Crippen LogP contribution in [0, 0.1) is 0 Å². The largest absolute Gasteiger partial charge is 0.274 e. The quantitative estimate of drug-likeness (QED) is 0.863. The van der Waals surface area contributed by atoms with E-state index >= 15 is 0 Å². The number of carbonyl (C=O) groups excluding carboxylic acids is 1. The lowest BCUT2D eigenvalue weighted by molar-refractivity contribution is -0.115. The van der Waals surface area contributed by atoms with Crippen LogP contribution in [-0.2, 0) is 4.79 Å². The highest BCUT2D eigenvalue weighted by atomic mass is 35.5. The number of rotatable bonds is 2. The fraction of sp³-hybridized carbons (Fsp3) is 0.100. The molecule has 0 unspecified atom stereocenters. The van der Waals surface area contributed by atoms with Crippen LogP contribution in [0.15, 0.2) is 30.7 Å². The van der Waals surface area contributed by atoms with Gasteiger partial charge in [-0.2, -0.15) is 0 Å². The molecule has 82 valence electrons. The molecule has 16 heavy (non-hydrogen) atoms. The van der Waals surface area contributed by atoms with Gasteiger partial charge < -0.3 is 0 Å². The lowest BCUT2D eigenvalue weighted by Gasteiger charge is -2.01. The number of carbonyl (C=O) groups is 1. The van der Waals surface area contributed by atoms with Crippen LogP contribution in [0.3, 0.4) is 0 Å². The normalized spacial score (nSPS) is 10.1. The van der Waals surface area contributed by atoms with Crippen molar-refractivity contribution < 1.29 is 4.79 Å². The average molecular weight is 237 g/mol. The van der Waals surface area contributed by atoms with Crippen molar-refractivity contribution in [1.82, 2.24) is 14.6 Å². The Labute approximate surface area is 97.1 Å². The smallest absolute Gasteiger partial charge is 0.235 e. The van der Waals surface area contributed by atoms with Crippen LogP contribution in [0.5, 0.6) is 0 Å². The lowest BCUT2D eigenvalue weighted by Crippen LogP contribution is -2.18. The molecule has 0 aromatic carbocycles. The van der Waals surface area contributed by atoms with Gasteiger partial charge in [-0.3, -0.25) is 15.2 Å². The summed E-state index contributed by atoms with van der Waals surface area (Å²) in [5.41, 5.74) is 4.03. The van der Waals surface area contributed by atoms with Gasteiger partial charge in [-0.15, -0.1) is 0 Å². The van der Waals surface area contributed by atoms with Crippen LogP contribution in [0.1, 0.15) is 6.92 Å². The summed E-state index contributed by atoms with van der Waals surface area (Å²) in [7, 11) is 0. The summed E-state index contributed by atoms with van der Waals surface area (Å²) >= 11 is 5.86. The minimum Gasteiger partial charge on any atom is -0.274 e. The Morgan fingerprint density at radius 1 is 1.56 bits per heavy atom. The number of aromatic nitrogens is 3. The molecule has 0 saturated carbocycles. The zero-order valence-electron chi connectivity index (χ0n) is 8.51. The second-order valence-electron chi connectivity index (χ2n) is 3.17. The number of nitrogens with zero attached hydrogens (tertiary/aromatic N) is 3. The third-order valence-electron chi connectivity index (χ3n) is 1.90. The first-order chi connectivity index (χ1) is 7.66. The van der Waals surface area contributed by atoms with Gasteiger partial charge in [-0.25, -0.2) is 9.66 Å². The molecular formula is C10H9ClN4O. The molecule has 2 rings (SSSR count). The van der Waals surface area contributed by atoms with E-state index in [0.29, 0.717) is 5.69 Å². The molecule has 0 aliphatic carbocycles. The highest BCUT2D eigenvalue weighted by Gasteiger charge is 2.08. The van der Waals surface area contributed by atoms with Crippen LogP contribution < -0.4 is 5.43 Å². The Bertz CT molecular complexity index is 509. The molecular weight excluding hydrogens is 228 g/mol. The van der Waals surface area contributed by atoms with E-state index in [1.165, 1.54) is 11.6 Å². The van der Waals surface area contributed by atoms with E-state index in [0.717, 1.165) is 5.56 Å². The minimum atomic E-state index is -0.211. The highest BCUT2D eigenvalue weighted by Crippen LogP contribution is 2.18. The van der Waals surface area contributed by atoms with Crippen molar-refractivity contribution in [3.63, 3.8) is 0 Å². The molecule has 0 saturated heterocycles. The Hall–Kier alpha value is -1.88. The molecule has 0 fully saturated rings. The van der Waals surface area contributed by atoms with Crippen molar-refractivity contribution in [2.24, 2.45) is 0 Å². The van der Waals surface area contributed by atoms with Crippen molar-refractivity contribution in [3.05, 3.63) is 36.0 Å². The lowest BCUT2D eigenvalue weighted by atomic mass is 10.2. The van der Waals surface area contributed by atoms with E-state index < -0.39 is 0 Å². The number of halogens is 1. The summed E-state index contributed by atoms with van der Waals surface area (Å²) in [6.45, 7) is 1.40. The molecule has 0 bridgehead atoms. The van der Waals surface area contributed by atoms with Crippen molar-refractivity contribution >= 4 is 17.5 Å². The Morgan fingerprint density at radius 2 is 2.38 bits per heavy atom. The average Bonchev–Trinajstić information content (AvgIpc) is 2.61. The maximum Gasteiger partial charge on any atom is 0.235 e. The SMILES string of the molecule is CC(=O)Nn1cc(-c2cccnc2)nc1Cl. The minimum absolute atomic E-state index is 0.203. The van der Waals surface area contributed by atoms with E-state index in [1.807, 2.05) is 6.07 Å². The molecule has 0 aliphatic heterocycles. The monoisotopic (exact) mass is 236 g/mol. The predicted octanol–water partition coefficient (Wildman–Crippen LogP) is 1.69.